The zero-order valence-electron chi connectivity index (χ0n) is 27.2. The third kappa shape index (κ3) is 5.48. The van der Waals surface area contributed by atoms with Crippen molar-refractivity contribution in [3.05, 3.63) is 69.3 Å². The highest BCUT2D eigenvalue weighted by atomic mass is 19.1. The summed E-state index contributed by atoms with van der Waals surface area (Å²) in [6.45, 7) is 6.03. The molecule has 1 N–H and O–H groups in total. The lowest BCUT2D eigenvalue weighted by molar-refractivity contribution is -0.763. The van der Waals surface area contributed by atoms with E-state index in [-0.39, 0.29) is 30.8 Å². The van der Waals surface area contributed by atoms with E-state index in [4.69, 9.17) is 9.47 Å². The molecule has 3 fully saturated rings. The number of alkyl halides is 1. The van der Waals surface area contributed by atoms with Gasteiger partial charge in [-0.05, 0) is 74.8 Å². The first kappa shape index (κ1) is 34.4. The molecule has 47 heavy (non-hydrogen) atoms. The van der Waals surface area contributed by atoms with Crippen LogP contribution in [0.5, 0.6) is 0 Å². The predicted octanol–water partition coefficient (Wildman–Crippen LogP) is 5.21. The maximum atomic E-state index is 17.7. The quantitative estimate of drug-likeness (QED) is 0.191. The standard InChI is InChI=1S/C35H42FNO10/c1-5-6-10-30(41)47-35(29(40)20-45-31(42)23-9-7-8-22(16-23)19-46-37(43)44)21(2)15-27-26-12-11-24-17-25(38)13-14-32(24,3)34(26,36)28(39)18-33(27,35)4/h7-9,13-14,16-17,21,26-28,39H,5-6,10-12,15,18-20H2,1-4H3/t21-,26?,27-,28-,32-,33-,34-,35-/m0/s1. The molecule has 11 nitrogen and oxygen atoms in total. The van der Waals surface area contributed by atoms with Crippen LogP contribution in [0, 0.1) is 38.7 Å². The molecule has 1 unspecified atom stereocenters. The summed E-state index contributed by atoms with van der Waals surface area (Å²) in [5.74, 6) is -4.14. The molecule has 0 radical (unpaired) electrons. The average molecular weight is 656 g/mol. The van der Waals surface area contributed by atoms with Gasteiger partial charge in [-0.15, -0.1) is 10.1 Å². The number of hydrogen-bond acceptors (Lipinski definition) is 10. The Hall–Kier alpha value is -3.93. The van der Waals surface area contributed by atoms with Crippen molar-refractivity contribution in [1.82, 2.24) is 0 Å². The summed E-state index contributed by atoms with van der Waals surface area (Å²) in [6, 6.07) is 5.80. The van der Waals surface area contributed by atoms with Gasteiger partial charge in [0, 0.05) is 29.1 Å². The molecule has 4 aliphatic carbocycles. The molecule has 1 aromatic rings. The van der Waals surface area contributed by atoms with Gasteiger partial charge in [-0.3, -0.25) is 14.4 Å². The van der Waals surface area contributed by atoms with E-state index in [2.05, 4.69) is 4.84 Å². The number of hydrogen-bond donors (Lipinski definition) is 1. The molecule has 8 atom stereocenters. The van der Waals surface area contributed by atoms with Gasteiger partial charge in [0.15, 0.2) is 23.7 Å². The van der Waals surface area contributed by atoms with Crippen LogP contribution in [0.25, 0.3) is 0 Å². The SMILES string of the molecule is CCCCC(=O)O[C@]1(C(=O)COC(=O)c2cccc(CO[N+](=O)[O-])c2)[C@@H](C)C[C@H]2C3CCC4=CC(=O)C=C[C@]4(C)[C@@]3(F)[C@@H](O)C[C@@]21C. The monoisotopic (exact) mass is 655 g/mol. The minimum atomic E-state index is -2.14. The summed E-state index contributed by atoms with van der Waals surface area (Å²) in [7, 11) is 0. The molecule has 5 rings (SSSR count). The summed E-state index contributed by atoms with van der Waals surface area (Å²) in [5, 5.41) is 21.4. The fraction of sp³-hybridized carbons (Fsp3) is 0.600. The normalized spacial score (nSPS) is 35.5. The first-order valence-electron chi connectivity index (χ1n) is 16.2. The van der Waals surface area contributed by atoms with E-state index in [0.29, 0.717) is 43.2 Å². The Kier molecular flexibility index (Phi) is 9.22. The zero-order chi connectivity index (χ0) is 34.4. The van der Waals surface area contributed by atoms with Crippen LogP contribution in [0.3, 0.4) is 0 Å². The number of halogens is 1. The van der Waals surface area contributed by atoms with Gasteiger partial charge in [-0.2, -0.15) is 0 Å². The number of carbonyl (C=O) groups excluding carboxylic acids is 4. The van der Waals surface area contributed by atoms with E-state index in [1.807, 2.05) is 6.92 Å². The first-order chi connectivity index (χ1) is 22.1. The lowest BCUT2D eigenvalue weighted by Gasteiger charge is -2.62. The Bertz CT molecular complexity index is 1540. The van der Waals surface area contributed by atoms with E-state index < -0.39 is 75.4 Å². The molecule has 12 heteroatoms. The number of aliphatic hydroxyl groups excluding tert-OH is 1. The van der Waals surface area contributed by atoms with Crippen LogP contribution >= 0.6 is 0 Å². The first-order valence-corrected chi connectivity index (χ1v) is 16.2. The number of carbonyl (C=O) groups is 4. The molecular weight excluding hydrogens is 613 g/mol. The molecule has 0 spiro atoms. The number of esters is 2. The van der Waals surface area contributed by atoms with Crippen LogP contribution in [0.15, 0.2) is 48.1 Å². The summed E-state index contributed by atoms with van der Waals surface area (Å²) >= 11 is 0. The van der Waals surface area contributed by atoms with Crippen molar-refractivity contribution in [3.63, 3.8) is 0 Å². The van der Waals surface area contributed by atoms with E-state index in [1.165, 1.54) is 36.4 Å². The number of rotatable bonds is 11. The second-order valence-corrected chi connectivity index (χ2v) is 13.9. The Labute approximate surface area is 272 Å². The lowest BCUT2D eigenvalue weighted by atomic mass is 9.44. The Morgan fingerprint density at radius 3 is 2.64 bits per heavy atom. The summed E-state index contributed by atoms with van der Waals surface area (Å²) in [4.78, 5) is 67.9. The highest BCUT2D eigenvalue weighted by Crippen LogP contribution is 2.71. The van der Waals surface area contributed by atoms with Gasteiger partial charge in [0.05, 0.1) is 11.7 Å². The number of nitrogens with zero attached hydrogens (tertiary/aromatic N) is 1. The highest BCUT2D eigenvalue weighted by Gasteiger charge is 2.77. The summed E-state index contributed by atoms with van der Waals surface area (Å²) in [5.41, 5.74) is -5.38. The van der Waals surface area contributed by atoms with E-state index in [9.17, 15) is 34.4 Å². The molecule has 0 heterocycles. The fourth-order valence-corrected chi connectivity index (χ4v) is 9.19. The minimum Gasteiger partial charge on any atom is -0.454 e. The third-order valence-corrected chi connectivity index (χ3v) is 11.4. The Morgan fingerprint density at radius 2 is 1.94 bits per heavy atom. The highest BCUT2D eigenvalue weighted by molar-refractivity contribution is 6.01. The molecule has 0 amide bonds. The third-order valence-electron chi connectivity index (χ3n) is 11.4. The fourth-order valence-electron chi connectivity index (χ4n) is 9.19. The number of benzene rings is 1. The molecule has 0 saturated heterocycles. The maximum absolute atomic E-state index is 17.7. The van der Waals surface area contributed by atoms with Gasteiger partial charge in [0.2, 0.25) is 5.78 Å². The topological polar surface area (TPSA) is 159 Å². The average Bonchev–Trinajstić information content (AvgIpc) is 3.24. The number of Topliss-reactive ketones (excluding diaryl/α,β-unsaturated/α-hetero) is 1. The van der Waals surface area contributed by atoms with Gasteiger partial charge >= 0.3 is 11.9 Å². The smallest absolute Gasteiger partial charge is 0.338 e. The van der Waals surface area contributed by atoms with Crippen LogP contribution in [-0.2, 0) is 35.3 Å². The Balaban J connectivity index is 1.47. The lowest BCUT2D eigenvalue weighted by Crippen LogP contribution is -2.70. The van der Waals surface area contributed by atoms with Crippen LogP contribution in [0.4, 0.5) is 4.39 Å². The molecule has 0 aromatic heterocycles. The predicted molar refractivity (Wildman–Crippen MR) is 165 cm³/mol. The Morgan fingerprint density at radius 1 is 1.19 bits per heavy atom. The van der Waals surface area contributed by atoms with Crippen LogP contribution in [0.1, 0.15) is 88.6 Å². The summed E-state index contributed by atoms with van der Waals surface area (Å²) in [6.07, 6.45) is 5.01. The molecule has 4 aliphatic rings. The van der Waals surface area contributed by atoms with Crippen molar-refractivity contribution < 1.29 is 48.1 Å². The van der Waals surface area contributed by atoms with Gasteiger partial charge in [-0.1, -0.05) is 51.0 Å². The van der Waals surface area contributed by atoms with E-state index in [1.54, 1.807) is 26.8 Å². The number of ether oxygens (including phenoxy) is 2. The van der Waals surface area contributed by atoms with Crippen molar-refractivity contribution in [2.24, 2.45) is 28.6 Å². The van der Waals surface area contributed by atoms with Gasteiger partial charge in [0.25, 0.3) is 5.09 Å². The van der Waals surface area contributed by atoms with Gasteiger partial charge in [-0.25, -0.2) is 9.18 Å². The molecule has 3 saturated carbocycles. The number of ketones is 2. The van der Waals surface area contributed by atoms with Crippen molar-refractivity contribution in [2.75, 3.05) is 6.61 Å². The molecule has 0 bridgehead atoms. The molecule has 254 valence electrons. The van der Waals surface area contributed by atoms with Crippen molar-refractivity contribution >= 4 is 23.5 Å². The second kappa shape index (κ2) is 12.6. The van der Waals surface area contributed by atoms with E-state index in [0.717, 1.165) is 0 Å². The largest absolute Gasteiger partial charge is 0.454 e. The van der Waals surface area contributed by atoms with Gasteiger partial charge < -0.3 is 19.4 Å². The van der Waals surface area contributed by atoms with Crippen LogP contribution in [-0.4, -0.2) is 57.7 Å². The van der Waals surface area contributed by atoms with Crippen LogP contribution in [0.2, 0.25) is 0 Å². The summed E-state index contributed by atoms with van der Waals surface area (Å²) < 4.78 is 29.3. The molecule has 1 aromatic carbocycles. The van der Waals surface area contributed by atoms with Crippen molar-refractivity contribution in [2.45, 2.75) is 96.6 Å². The van der Waals surface area contributed by atoms with Gasteiger partial charge in [0.1, 0.15) is 6.61 Å². The van der Waals surface area contributed by atoms with Crippen molar-refractivity contribution in [3.8, 4) is 0 Å². The number of aliphatic hydroxyl groups is 1. The zero-order valence-corrected chi connectivity index (χ0v) is 27.2. The molecule has 0 aliphatic heterocycles. The van der Waals surface area contributed by atoms with E-state index >= 15 is 4.39 Å². The molecular formula is C35H42FNO10. The number of unbranched alkanes of at least 4 members (excludes halogenated alkanes) is 1. The maximum Gasteiger partial charge on any atom is 0.338 e. The number of fused-ring (bicyclic) bond motifs is 5. The second-order valence-electron chi connectivity index (χ2n) is 13.9. The van der Waals surface area contributed by atoms with Crippen LogP contribution < -0.4 is 0 Å². The van der Waals surface area contributed by atoms with Crippen molar-refractivity contribution in [1.29, 1.82) is 0 Å². The minimum absolute atomic E-state index is 0.0356. The number of allylic oxidation sites excluding steroid dienone is 4.